The van der Waals surface area contributed by atoms with Gasteiger partial charge in [0, 0.05) is 24.0 Å². The molecule has 132 valence electrons. The van der Waals surface area contributed by atoms with Crippen LogP contribution in [0.15, 0.2) is 48.5 Å². The summed E-state index contributed by atoms with van der Waals surface area (Å²) in [6.45, 7) is -0.169. The highest BCUT2D eigenvalue weighted by atomic mass is 16.5. The van der Waals surface area contributed by atoms with E-state index in [0.29, 0.717) is 29.2 Å². The molecule has 25 heavy (non-hydrogen) atoms. The van der Waals surface area contributed by atoms with Crippen molar-refractivity contribution in [2.24, 2.45) is 0 Å². The van der Waals surface area contributed by atoms with Gasteiger partial charge in [-0.15, -0.1) is 0 Å². The zero-order valence-corrected chi connectivity index (χ0v) is 13.8. The highest BCUT2D eigenvalue weighted by molar-refractivity contribution is 5.98. The fraction of sp³-hybridized carbons (Fsp3) is 0.222. The van der Waals surface area contributed by atoms with E-state index in [2.05, 4.69) is 10.6 Å². The zero-order chi connectivity index (χ0) is 18.1. The normalized spacial score (nSPS) is 10.0. The van der Waals surface area contributed by atoms with Crippen LogP contribution in [0.5, 0.6) is 5.75 Å². The van der Waals surface area contributed by atoms with E-state index in [0.717, 1.165) is 0 Å². The average Bonchev–Trinajstić information content (AvgIpc) is 2.64. The van der Waals surface area contributed by atoms with E-state index in [9.17, 15) is 9.59 Å². The number of hydrogen-bond donors (Lipinski definition) is 3. The molecule has 0 spiro atoms. The minimum atomic E-state index is -0.623. The Morgan fingerprint density at radius 3 is 2.68 bits per heavy atom. The molecular formula is C18H20N2O5. The van der Waals surface area contributed by atoms with E-state index >= 15 is 0 Å². The first kappa shape index (κ1) is 18.3. The quantitative estimate of drug-likeness (QED) is 0.633. The van der Waals surface area contributed by atoms with Crippen molar-refractivity contribution in [2.75, 3.05) is 37.5 Å². The zero-order valence-electron chi connectivity index (χ0n) is 13.8. The van der Waals surface area contributed by atoms with E-state index in [1.807, 2.05) is 0 Å². The summed E-state index contributed by atoms with van der Waals surface area (Å²) in [5.41, 5.74) is 1.38. The van der Waals surface area contributed by atoms with Gasteiger partial charge in [-0.2, -0.15) is 0 Å². The lowest BCUT2D eigenvalue weighted by molar-refractivity contribution is -0.119. The molecule has 0 saturated carbocycles. The molecule has 0 atom stereocenters. The molecule has 0 radical (unpaired) electrons. The molecule has 7 heteroatoms. The van der Waals surface area contributed by atoms with Gasteiger partial charge in [0.1, 0.15) is 5.75 Å². The number of rotatable bonds is 8. The molecule has 0 fully saturated rings. The van der Waals surface area contributed by atoms with Crippen molar-refractivity contribution in [1.29, 1.82) is 0 Å². The van der Waals surface area contributed by atoms with E-state index in [4.69, 9.17) is 14.6 Å². The molecule has 0 aromatic heterocycles. The molecule has 1 amide bonds. The van der Waals surface area contributed by atoms with Gasteiger partial charge < -0.3 is 25.2 Å². The van der Waals surface area contributed by atoms with E-state index < -0.39 is 18.5 Å². The second-order valence-electron chi connectivity index (χ2n) is 5.05. The summed E-state index contributed by atoms with van der Waals surface area (Å²) in [6.07, 6.45) is 0. The fourth-order valence-corrected chi connectivity index (χ4v) is 2.11. The third kappa shape index (κ3) is 5.50. The van der Waals surface area contributed by atoms with Crippen LogP contribution in [0.2, 0.25) is 0 Å². The first-order valence-electron chi connectivity index (χ1n) is 7.69. The van der Waals surface area contributed by atoms with Crippen LogP contribution < -0.4 is 15.4 Å². The van der Waals surface area contributed by atoms with E-state index in [1.54, 1.807) is 48.5 Å². The number of aliphatic hydroxyl groups is 1. The topological polar surface area (TPSA) is 96.9 Å². The SMILES string of the molecule is COc1cccc(NC(=O)COC(=O)c2ccccc2NCCO)c1. The van der Waals surface area contributed by atoms with Gasteiger partial charge in [-0.25, -0.2) is 4.79 Å². The Bertz CT molecular complexity index is 733. The van der Waals surface area contributed by atoms with Crippen molar-refractivity contribution >= 4 is 23.3 Å². The number of ether oxygens (including phenoxy) is 2. The predicted molar refractivity (Wildman–Crippen MR) is 93.9 cm³/mol. The van der Waals surface area contributed by atoms with Crippen molar-refractivity contribution in [3.05, 3.63) is 54.1 Å². The number of methoxy groups -OCH3 is 1. The van der Waals surface area contributed by atoms with Gasteiger partial charge in [-0.3, -0.25) is 4.79 Å². The summed E-state index contributed by atoms with van der Waals surface area (Å²) in [5.74, 6) is -0.470. The highest BCUT2D eigenvalue weighted by Crippen LogP contribution is 2.17. The number of anilines is 2. The van der Waals surface area contributed by atoms with Crippen LogP contribution in [0.25, 0.3) is 0 Å². The number of para-hydroxylation sites is 1. The van der Waals surface area contributed by atoms with Gasteiger partial charge in [0.15, 0.2) is 6.61 Å². The second kappa shape index (κ2) is 9.29. The lowest BCUT2D eigenvalue weighted by Crippen LogP contribution is -2.21. The van der Waals surface area contributed by atoms with Crippen molar-refractivity contribution in [2.45, 2.75) is 0 Å². The maximum Gasteiger partial charge on any atom is 0.340 e. The molecule has 0 aliphatic heterocycles. The molecule has 2 rings (SSSR count). The fourth-order valence-electron chi connectivity index (χ4n) is 2.11. The average molecular weight is 344 g/mol. The molecule has 0 unspecified atom stereocenters. The number of amides is 1. The third-order valence-electron chi connectivity index (χ3n) is 3.26. The lowest BCUT2D eigenvalue weighted by Gasteiger charge is -2.11. The standard InChI is InChI=1S/C18H20N2O5/c1-24-14-6-4-5-13(11-14)20-17(22)12-25-18(23)15-7-2-3-8-16(15)19-9-10-21/h2-8,11,19,21H,9-10,12H2,1H3,(H,20,22). The molecular weight excluding hydrogens is 324 g/mol. The third-order valence-corrected chi connectivity index (χ3v) is 3.26. The van der Waals surface area contributed by atoms with Crippen LogP contribution in [-0.4, -0.2) is 43.9 Å². The summed E-state index contributed by atoms with van der Waals surface area (Å²) < 4.78 is 10.1. The first-order valence-corrected chi connectivity index (χ1v) is 7.69. The van der Waals surface area contributed by atoms with Gasteiger partial charge in [0.2, 0.25) is 0 Å². The first-order chi connectivity index (χ1) is 12.1. The molecule has 0 aliphatic rings. The number of nitrogens with one attached hydrogen (secondary N) is 2. The summed E-state index contributed by atoms with van der Waals surface area (Å²) in [5, 5.41) is 14.4. The number of benzene rings is 2. The maximum atomic E-state index is 12.2. The van der Waals surface area contributed by atoms with Gasteiger partial charge >= 0.3 is 5.97 Å². The van der Waals surface area contributed by atoms with Crippen molar-refractivity contribution < 1.29 is 24.2 Å². The van der Waals surface area contributed by atoms with Crippen LogP contribution in [0.4, 0.5) is 11.4 Å². The number of carbonyl (C=O) groups excluding carboxylic acids is 2. The Morgan fingerprint density at radius 1 is 1.12 bits per heavy atom. The Balaban J connectivity index is 1.92. The monoisotopic (exact) mass is 344 g/mol. The Morgan fingerprint density at radius 2 is 1.92 bits per heavy atom. The van der Waals surface area contributed by atoms with Crippen LogP contribution in [0.1, 0.15) is 10.4 Å². The Hall–Kier alpha value is -3.06. The summed E-state index contributed by atoms with van der Waals surface area (Å²) >= 11 is 0. The van der Waals surface area contributed by atoms with Gasteiger partial charge in [0.05, 0.1) is 19.3 Å². The molecule has 2 aromatic carbocycles. The molecule has 0 aliphatic carbocycles. The lowest BCUT2D eigenvalue weighted by atomic mass is 10.2. The molecule has 3 N–H and O–H groups in total. The van der Waals surface area contributed by atoms with Crippen molar-refractivity contribution in [3.63, 3.8) is 0 Å². The van der Waals surface area contributed by atoms with Crippen molar-refractivity contribution in [1.82, 2.24) is 0 Å². The molecule has 0 heterocycles. The van der Waals surface area contributed by atoms with Gasteiger partial charge in [-0.05, 0) is 24.3 Å². The summed E-state index contributed by atoms with van der Waals surface area (Å²) in [6, 6.07) is 13.6. The molecule has 7 nitrogen and oxygen atoms in total. The van der Waals surface area contributed by atoms with E-state index in [1.165, 1.54) is 7.11 Å². The second-order valence-corrected chi connectivity index (χ2v) is 5.05. The highest BCUT2D eigenvalue weighted by Gasteiger charge is 2.14. The number of aliphatic hydroxyl groups excluding tert-OH is 1. The summed E-state index contributed by atoms with van der Waals surface area (Å²) in [4.78, 5) is 24.1. The predicted octanol–water partition coefficient (Wildman–Crippen LogP) is 1.89. The van der Waals surface area contributed by atoms with Gasteiger partial charge in [0.25, 0.3) is 5.91 Å². The Kier molecular flexibility index (Phi) is 6.79. The minimum Gasteiger partial charge on any atom is -0.497 e. The smallest absolute Gasteiger partial charge is 0.340 e. The van der Waals surface area contributed by atoms with Crippen LogP contribution in [-0.2, 0) is 9.53 Å². The maximum absolute atomic E-state index is 12.2. The van der Waals surface area contributed by atoms with Crippen molar-refractivity contribution in [3.8, 4) is 5.75 Å². The van der Waals surface area contributed by atoms with Crippen LogP contribution in [0.3, 0.4) is 0 Å². The molecule has 0 saturated heterocycles. The largest absolute Gasteiger partial charge is 0.497 e. The molecule has 2 aromatic rings. The van der Waals surface area contributed by atoms with Gasteiger partial charge in [-0.1, -0.05) is 18.2 Å². The van der Waals surface area contributed by atoms with Crippen LogP contribution in [0, 0.1) is 0 Å². The number of hydrogen-bond acceptors (Lipinski definition) is 6. The van der Waals surface area contributed by atoms with Crippen LogP contribution >= 0.6 is 0 Å². The van der Waals surface area contributed by atoms with E-state index in [-0.39, 0.29) is 6.61 Å². The minimum absolute atomic E-state index is 0.0632. The number of esters is 1. The molecule has 0 bridgehead atoms. The number of carbonyl (C=O) groups is 2. The summed E-state index contributed by atoms with van der Waals surface area (Å²) in [7, 11) is 1.53. The Labute approximate surface area is 145 Å².